The van der Waals surface area contributed by atoms with E-state index < -0.39 is 15.8 Å². The van der Waals surface area contributed by atoms with Crippen LogP contribution in [0.15, 0.2) is 48.6 Å². The number of carbonyl (C=O) groups excluding carboxylic acids is 1. The Morgan fingerprint density at radius 1 is 1.20 bits per heavy atom. The number of amides is 1. The normalized spacial score (nSPS) is 36.1. The number of aryl methyl sites for hydroxylation is 1. The number of halogens is 1. The fourth-order valence-electron chi connectivity index (χ4n) is 7.30. The van der Waals surface area contributed by atoms with E-state index in [2.05, 4.69) is 34.5 Å². The number of hydrogen-bond donors (Lipinski definition) is 2. The number of hydrogen-bond acceptors (Lipinski definition) is 5. The van der Waals surface area contributed by atoms with Crippen molar-refractivity contribution < 1.29 is 18.8 Å². The van der Waals surface area contributed by atoms with Crippen LogP contribution >= 0.6 is 11.6 Å². The Balaban J connectivity index is 1.44. The molecule has 2 bridgehead atoms. The smallest absolute Gasteiger partial charge is 0.262 e. The number of fused-ring (bicyclic) bond motifs is 4. The van der Waals surface area contributed by atoms with Crippen molar-refractivity contribution >= 4 is 38.8 Å². The Morgan fingerprint density at radius 3 is 2.80 bits per heavy atom. The zero-order chi connectivity index (χ0) is 29.0. The highest BCUT2D eigenvalue weighted by atomic mass is 35.5. The minimum atomic E-state index is -2.87. The maximum atomic E-state index is 13.4. The fourth-order valence-corrected chi connectivity index (χ4v) is 8.64. The first kappa shape index (κ1) is 28.6. The molecule has 1 amide bonds. The maximum Gasteiger partial charge on any atom is 0.262 e. The summed E-state index contributed by atoms with van der Waals surface area (Å²) in [6.45, 7) is 6.07. The number of nitrogens with zero attached hydrogens (tertiary/aromatic N) is 1. The fraction of sp³-hybridized carbons (Fsp3) is 0.515. The molecule has 2 heterocycles. The predicted molar refractivity (Wildman–Crippen MR) is 168 cm³/mol. The van der Waals surface area contributed by atoms with Crippen LogP contribution in [0.4, 0.5) is 5.69 Å². The summed E-state index contributed by atoms with van der Waals surface area (Å²) in [6.07, 6.45) is 9.64. The van der Waals surface area contributed by atoms with Crippen LogP contribution in [-0.2, 0) is 21.5 Å². The van der Waals surface area contributed by atoms with Crippen LogP contribution in [0.5, 0.6) is 5.75 Å². The average Bonchev–Trinajstić information content (AvgIpc) is 3.08. The first-order valence-electron chi connectivity index (χ1n) is 14.8. The Labute approximate surface area is 249 Å². The second kappa shape index (κ2) is 10.7. The SMILES string of the molecule is C=S1(=O)NC(=O)c2ccc3c(c2)N(C[C@H]2CC[C@]2(C)[C@H](O)/C=C/CC[C@H]1C)C[C@@]1(CCCc2cc(Cl)ccc21)CO3. The van der Waals surface area contributed by atoms with Crippen molar-refractivity contribution in [1.29, 1.82) is 0 Å². The average molecular weight is 597 g/mol. The second-order valence-corrected chi connectivity index (χ2v) is 15.8. The zero-order valence-corrected chi connectivity index (χ0v) is 25.6. The van der Waals surface area contributed by atoms with Crippen LogP contribution in [0, 0.1) is 11.3 Å². The van der Waals surface area contributed by atoms with Gasteiger partial charge in [0, 0.05) is 39.8 Å². The molecular formula is C33H41ClN2O4S. The van der Waals surface area contributed by atoms with Crippen molar-refractivity contribution in [2.45, 2.75) is 75.6 Å². The third kappa shape index (κ3) is 5.19. The highest BCUT2D eigenvalue weighted by Crippen LogP contribution is 2.52. The number of benzene rings is 2. The van der Waals surface area contributed by atoms with Crippen molar-refractivity contribution in [1.82, 2.24) is 4.72 Å². The van der Waals surface area contributed by atoms with Crippen molar-refractivity contribution in [2.24, 2.45) is 11.3 Å². The van der Waals surface area contributed by atoms with Gasteiger partial charge in [0.25, 0.3) is 5.91 Å². The second-order valence-electron chi connectivity index (χ2n) is 12.9. The number of rotatable bonds is 0. The van der Waals surface area contributed by atoms with Gasteiger partial charge < -0.3 is 14.7 Å². The van der Waals surface area contributed by atoms with Crippen molar-refractivity contribution in [3.05, 3.63) is 70.3 Å². The maximum absolute atomic E-state index is 13.4. The number of aliphatic hydroxyl groups excluding tert-OH is 1. The molecule has 8 heteroatoms. The molecule has 1 fully saturated rings. The molecule has 0 aromatic heterocycles. The molecule has 2 N–H and O–H groups in total. The molecule has 2 aromatic rings. The van der Waals surface area contributed by atoms with E-state index in [1.165, 1.54) is 11.1 Å². The van der Waals surface area contributed by atoms with Gasteiger partial charge in [-0.15, -0.1) is 0 Å². The molecule has 2 aromatic carbocycles. The number of anilines is 1. The molecule has 1 spiro atoms. The number of nitrogens with one attached hydrogen (secondary N) is 1. The number of carbonyl (C=O) groups is 1. The first-order valence-corrected chi connectivity index (χ1v) is 17.0. The molecular weight excluding hydrogens is 556 g/mol. The zero-order valence-electron chi connectivity index (χ0n) is 24.0. The van der Waals surface area contributed by atoms with Crippen LogP contribution in [0.25, 0.3) is 0 Å². The van der Waals surface area contributed by atoms with Gasteiger partial charge in [-0.25, -0.2) is 4.21 Å². The van der Waals surface area contributed by atoms with Gasteiger partial charge in [-0.3, -0.25) is 9.52 Å². The third-order valence-electron chi connectivity index (χ3n) is 10.4. The summed E-state index contributed by atoms with van der Waals surface area (Å²) < 4.78 is 22.7. The van der Waals surface area contributed by atoms with Crippen molar-refractivity contribution in [3.63, 3.8) is 0 Å². The number of ether oxygens (including phenoxy) is 1. The molecule has 6 nitrogen and oxygen atoms in total. The van der Waals surface area contributed by atoms with Crippen LogP contribution in [0.2, 0.25) is 5.02 Å². The highest BCUT2D eigenvalue weighted by molar-refractivity contribution is 7.99. The van der Waals surface area contributed by atoms with Gasteiger partial charge in [-0.2, -0.15) is 0 Å². The van der Waals surface area contributed by atoms with Gasteiger partial charge in [0.05, 0.1) is 28.1 Å². The van der Waals surface area contributed by atoms with Crippen molar-refractivity contribution in [2.75, 3.05) is 24.6 Å². The molecule has 6 rings (SSSR count). The summed E-state index contributed by atoms with van der Waals surface area (Å²) in [5.74, 6) is 4.53. The molecule has 0 saturated heterocycles. The Bertz CT molecular complexity index is 1490. The highest BCUT2D eigenvalue weighted by Gasteiger charge is 2.49. The molecule has 1 saturated carbocycles. The van der Waals surface area contributed by atoms with Gasteiger partial charge in [-0.05, 0) is 105 Å². The predicted octanol–water partition coefficient (Wildman–Crippen LogP) is 5.69. The van der Waals surface area contributed by atoms with E-state index in [4.69, 9.17) is 16.3 Å². The minimum Gasteiger partial charge on any atom is -0.490 e. The summed E-state index contributed by atoms with van der Waals surface area (Å²) in [5.41, 5.74) is 3.40. The molecule has 2 aliphatic carbocycles. The largest absolute Gasteiger partial charge is 0.490 e. The van der Waals surface area contributed by atoms with Crippen LogP contribution in [0.1, 0.15) is 73.9 Å². The standard InChI is InChI=1S/C33H41ClN2O4S/c1-22-7-4-5-9-30(37)32(2)16-14-25(32)19-36-20-33(15-6-8-23-17-26(34)11-12-27(23)33)21-40-29-13-10-24(18-28(29)36)31(38)35-41(22,3)39/h5,9-13,17-18,22,25,30,37H,3-4,6-8,14-16,19-21H2,1-2H3,(H,35,38,39)/b9-5+/t22-,25-,30-,32+,33+,41?/m1/s1. The lowest BCUT2D eigenvalue weighted by atomic mass is 9.58. The summed E-state index contributed by atoms with van der Waals surface area (Å²) in [4.78, 5) is 15.8. The van der Waals surface area contributed by atoms with Gasteiger partial charge in [0.1, 0.15) is 5.75 Å². The van der Waals surface area contributed by atoms with Crippen molar-refractivity contribution in [3.8, 4) is 5.75 Å². The summed E-state index contributed by atoms with van der Waals surface area (Å²) >= 11 is 6.40. The van der Waals surface area contributed by atoms with E-state index in [-0.39, 0.29) is 27.9 Å². The third-order valence-corrected chi connectivity index (χ3v) is 12.7. The molecule has 220 valence electrons. The Hall–Kier alpha value is -2.48. The summed E-state index contributed by atoms with van der Waals surface area (Å²) in [5, 5.41) is 11.8. The number of allylic oxidation sites excluding steroid dienone is 1. The summed E-state index contributed by atoms with van der Waals surface area (Å²) in [6, 6.07) is 11.7. The quantitative estimate of drug-likeness (QED) is 0.302. The lowest BCUT2D eigenvalue weighted by Crippen LogP contribution is -2.53. The van der Waals surface area contributed by atoms with E-state index in [0.29, 0.717) is 25.0 Å². The first-order chi connectivity index (χ1) is 19.5. The lowest BCUT2D eigenvalue weighted by Gasteiger charge is -2.52. The van der Waals surface area contributed by atoms with Gasteiger partial charge >= 0.3 is 0 Å². The topological polar surface area (TPSA) is 78.9 Å². The van der Waals surface area contributed by atoms with E-state index >= 15 is 0 Å². The van der Waals surface area contributed by atoms with Crippen LogP contribution in [-0.4, -0.2) is 52.1 Å². The van der Waals surface area contributed by atoms with E-state index in [1.54, 1.807) is 6.07 Å². The van der Waals surface area contributed by atoms with Gasteiger partial charge in [0.15, 0.2) is 0 Å². The minimum absolute atomic E-state index is 0.226. The van der Waals surface area contributed by atoms with Crippen LogP contribution in [0.3, 0.4) is 0 Å². The monoisotopic (exact) mass is 596 g/mol. The molecule has 6 atom stereocenters. The van der Waals surface area contributed by atoms with E-state index in [1.807, 2.05) is 37.3 Å². The number of aliphatic hydroxyl groups is 1. The molecule has 1 unspecified atom stereocenters. The van der Waals surface area contributed by atoms with Crippen LogP contribution < -0.4 is 14.4 Å². The Morgan fingerprint density at radius 2 is 2.02 bits per heavy atom. The molecule has 2 aliphatic heterocycles. The Kier molecular flexibility index (Phi) is 7.44. The van der Waals surface area contributed by atoms with Gasteiger partial charge in [0.2, 0.25) is 0 Å². The molecule has 4 aliphatic rings. The van der Waals surface area contributed by atoms with E-state index in [0.717, 1.165) is 61.7 Å². The van der Waals surface area contributed by atoms with Gasteiger partial charge in [-0.1, -0.05) is 36.7 Å². The molecule has 0 radical (unpaired) electrons. The molecule has 41 heavy (non-hydrogen) atoms. The summed E-state index contributed by atoms with van der Waals surface area (Å²) in [7, 11) is -2.87. The van der Waals surface area contributed by atoms with E-state index in [9.17, 15) is 14.1 Å². The lowest BCUT2D eigenvalue weighted by molar-refractivity contribution is -0.0469.